The highest BCUT2D eigenvalue weighted by atomic mass is 16.5. The van der Waals surface area contributed by atoms with E-state index in [0.717, 1.165) is 31.6 Å². The van der Waals surface area contributed by atoms with E-state index >= 15 is 0 Å². The number of anilines is 1. The number of Topliss-reactive ketones (excluding diaryl/α,β-unsaturated/α-hetero) is 1. The molecule has 1 aliphatic rings. The molecule has 20 heavy (non-hydrogen) atoms. The van der Waals surface area contributed by atoms with Gasteiger partial charge < -0.3 is 15.4 Å². The van der Waals surface area contributed by atoms with Crippen LogP contribution in [0.4, 0.5) is 5.69 Å². The number of ketones is 1. The van der Waals surface area contributed by atoms with Gasteiger partial charge in [0.05, 0.1) is 12.7 Å². The lowest BCUT2D eigenvalue weighted by molar-refractivity contribution is -0.123. The quantitative estimate of drug-likeness (QED) is 0.802. The highest BCUT2D eigenvalue weighted by Crippen LogP contribution is 2.15. The zero-order chi connectivity index (χ0) is 14.2. The third-order valence-electron chi connectivity index (χ3n) is 3.55. The Morgan fingerprint density at radius 1 is 1.45 bits per heavy atom. The Kier molecular flexibility index (Phi) is 6.02. The lowest BCUT2D eigenvalue weighted by atomic mass is 10.00. The summed E-state index contributed by atoms with van der Waals surface area (Å²) in [6, 6.07) is 9.60. The molecule has 1 aromatic carbocycles. The van der Waals surface area contributed by atoms with Crippen molar-refractivity contribution < 1.29 is 9.53 Å². The summed E-state index contributed by atoms with van der Waals surface area (Å²) in [7, 11) is 0. The smallest absolute Gasteiger partial charge is 0.157 e. The van der Waals surface area contributed by atoms with Crippen molar-refractivity contribution in [2.75, 3.05) is 25.0 Å². The standard InChI is InChI=1S/C16H24N2O2/c1-2-3-9-14(19)16(15-12-17-10-11-20-15)18-13-7-5-4-6-8-13/h4-8,15-18H,2-3,9-12H2,1H3. The maximum Gasteiger partial charge on any atom is 0.157 e. The van der Waals surface area contributed by atoms with Crippen molar-refractivity contribution in [3.63, 3.8) is 0 Å². The monoisotopic (exact) mass is 276 g/mol. The summed E-state index contributed by atoms with van der Waals surface area (Å²) in [6.07, 6.45) is 2.49. The van der Waals surface area contributed by atoms with Crippen LogP contribution in [0, 0.1) is 0 Å². The number of hydrogen-bond acceptors (Lipinski definition) is 4. The first kappa shape index (κ1) is 15.0. The molecule has 0 spiro atoms. The molecule has 1 aromatic rings. The third kappa shape index (κ3) is 4.32. The van der Waals surface area contributed by atoms with Crippen LogP contribution in [-0.4, -0.2) is 37.6 Å². The van der Waals surface area contributed by atoms with Gasteiger partial charge in [-0.05, 0) is 18.6 Å². The third-order valence-corrected chi connectivity index (χ3v) is 3.55. The predicted molar refractivity (Wildman–Crippen MR) is 81.0 cm³/mol. The molecule has 1 saturated heterocycles. The molecule has 0 bridgehead atoms. The maximum absolute atomic E-state index is 12.4. The van der Waals surface area contributed by atoms with E-state index in [1.165, 1.54) is 0 Å². The zero-order valence-electron chi connectivity index (χ0n) is 12.1. The van der Waals surface area contributed by atoms with Crippen molar-refractivity contribution in [3.05, 3.63) is 30.3 Å². The van der Waals surface area contributed by atoms with Gasteiger partial charge in [0.25, 0.3) is 0 Å². The van der Waals surface area contributed by atoms with Crippen LogP contribution in [0.2, 0.25) is 0 Å². The predicted octanol–water partition coefficient (Wildman–Crippen LogP) is 2.21. The Labute approximate surface area is 120 Å². The van der Waals surface area contributed by atoms with E-state index in [-0.39, 0.29) is 17.9 Å². The SMILES string of the molecule is CCCCC(=O)C(Nc1ccccc1)C1CNCCO1. The Morgan fingerprint density at radius 2 is 2.25 bits per heavy atom. The summed E-state index contributed by atoms with van der Waals surface area (Å²) in [5, 5.41) is 6.64. The van der Waals surface area contributed by atoms with Gasteiger partial charge in [0, 0.05) is 25.2 Å². The molecule has 2 unspecified atom stereocenters. The van der Waals surface area contributed by atoms with E-state index in [1.807, 2.05) is 30.3 Å². The number of benzene rings is 1. The van der Waals surface area contributed by atoms with Crippen LogP contribution >= 0.6 is 0 Å². The minimum absolute atomic E-state index is 0.0895. The summed E-state index contributed by atoms with van der Waals surface area (Å²) in [5.41, 5.74) is 0.969. The van der Waals surface area contributed by atoms with E-state index in [4.69, 9.17) is 4.74 Å². The first-order valence-electron chi connectivity index (χ1n) is 7.48. The molecule has 4 nitrogen and oxygen atoms in total. The van der Waals surface area contributed by atoms with E-state index in [9.17, 15) is 4.79 Å². The molecule has 2 rings (SSSR count). The highest BCUT2D eigenvalue weighted by molar-refractivity contribution is 5.87. The molecular formula is C16H24N2O2. The average molecular weight is 276 g/mol. The number of hydrogen-bond donors (Lipinski definition) is 2. The first-order valence-corrected chi connectivity index (χ1v) is 7.48. The van der Waals surface area contributed by atoms with Crippen LogP contribution in [0.3, 0.4) is 0 Å². The number of rotatable bonds is 7. The fourth-order valence-electron chi connectivity index (χ4n) is 2.40. The van der Waals surface area contributed by atoms with Crippen LogP contribution in [-0.2, 0) is 9.53 Å². The second-order valence-corrected chi connectivity index (χ2v) is 5.17. The van der Waals surface area contributed by atoms with Crippen molar-refractivity contribution >= 4 is 11.5 Å². The second kappa shape index (κ2) is 8.02. The molecule has 0 aromatic heterocycles. The summed E-state index contributed by atoms with van der Waals surface area (Å²) in [6.45, 7) is 4.35. The van der Waals surface area contributed by atoms with E-state index < -0.39 is 0 Å². The first-order chi connectivity index (χ1) is 9.81. The number of morpholine rings is 1. The van der Waals surface area contributed by atoms with Crippen molar-refractivity contribution in [2.24, 2.45) is 0 Å². The van der Waals surface area contributed by atoms with Crippen molar-refractivity contribution in [1.82, 2.24) is 5.32 Å². The van der Waals surface area contributed by atoms with E-state index in [0.29, 0.717) is 13.0 Å². The zero-order valence-corrected chi connectivity index (χ0v) is 12.1. The van der Waals surface area contributed by atoms with Gasteiger partial charge in [0.1, 0.15) is 6.04 Å². The number of carbonyl (C=O) groups excluding carboxylic acids is 1. The Bertz CT molecular complexity index is 402. The average Bonchev–Trinajstić information content (AvgIpc) is 2.52. The minimum Gasteiger partial charge on any atom is -0.373 e. The van der Waals surface area contributed by atoms with Gasteiger partial charge in [0.15, 0.2) is 5.78 Å². The van der Waals surface area contributed by atoms with E-state index in [1.54, 1.807) is 0 Å². The maximum atomic E-state index is 12.4. The van der Waals surface area contributed by atoms with E-state index in [2.05, 4.69) is 17.6 Å². The van der Waals surface area contributed by atoms with Crippen LogP contribution < -0.4 is 10.6 Å². The summed E-state index contributed by atoms with van der Waals surface area (Å²) >= 11 is 0. The number of unbranched alkanes of at least 4 members (excludes halogenated alkanes) is 1. The second-order valence-electron chi connectivity index (χ2n) is 5.17. The molecule has 4 heteroatoms. The molecule has 110 valence electrons. The topological polar surface area (TPSA) is 50.4 Å². The van der Waals surface area contributed by atoms with Gasteiger partial charge in [-0.25, -0.2) is 0 Å². The lowest BCUT2D eigenvalue weighted by Crippen LogP contribution is -2.51. The van der Waals surface area contributed by atoms with Gasteiger partial charge >= 0.3 is 0 Å². The number of carbonyl (C=O) groups is 1. The molecule has 0 radical (unpaired) electrons. The molecule has 1 aliphatic heterocycles. The normalized spacial score (nSPS) is 20.4. The van der Waals surface area contributed by atoms with Crippen LogP contribution in [0.25, 0.3) is 0 Å². The molecule has 0 amide bonds. The van der Waals surface area contributed by atoms with Gasteiger partial charge in [-0.15, -0.1) is 0 Å². The molecule has 0 aliphatic carbocycles. The number of nitrogens with one attached hydrogen (secondary N) is 2. The lowest BCUT2D eigenvalue weighted by Gasteiger charge is -2.31. The summed E-state index contributed by atoms with van der Waals surface area (Å²) < 4.78 is 5.77. The summed E-state index contributed by atoms with van der Waals surface area (Å²) in [4.78, 5) is 12.4. The van der Waals surface area contributed by atoms with Gasteiger partial charge in [-0.2, -0.15) is 0 Å². The Balaban J connectivity index is 2.04. The van der Waals surface area contributed by atoms with Crippen LogP contribution in [0.15, 0.2) is 30.3 Å². The summed E-state index contributed by atoms with van der Waals surface area (Å²) in [5.74, 6) is 0.240. The molecular weight excluding hydrogens is 252 g/mol. The van der Waals surface area contributed by atoms with Crippen LogP contribution in [0.5, 0.6) is 0 Å². The highest BCUT2D eigenvalue weighted by Gasteiger charge is 2.29. The minimum atomic E-state index is -0.267. The number of para-hydroxylation sites is 1. The fraction of sp³-hybridized carbons (Fsp3) is 0.562. The Morgan fingerprint density at radius 3 is 2.90 bits per heavy atom. The van der Waals surface area contributed by atoms with Gasteiger partial charge in [0.2, 0.25) is 0 Å². The van der Waals surface area contributed by atoms with Crippen molar-refractivity contribution in [3.8, 4) is 0 Å². The van der Waals surface area contributed by atoms with Gasteiger partial charge in [-0.3, -0.25) is 4.79 Å². The molecule has 2 atom stereocenters. The number of ether oxygens (including phenoxy) is 1. The molecule has 1 heterocycles. The fourth-order valence-corrected chi connectivity index (χ4v) is 2.40. The largest absolute Gasteiger partial charge is 0.373 e. The molecule has 0 saturated carbocycles. The van der Waals surface area contributed by atoms with Crippen molar-refractivity contribution in [2.45, 2.75) is 38.3 Å². The van der Waals surface area contributed by atoms with Gasteiger partial charge in [-0.1, -0.05) is 31.5 Å². The Hall–Kier alpha value is -1.39. The van der Waals surface area contributed by atoms with Crippen LogP contribution in [0.1, 0.15) is 26.2 Å². The molecule has 1 fully saturated rings. The molecule has 2 N–H and O–H groups in total. The van der Waals surface area contributed by atoms with Crippen molar-refractivity contribution in [1.29, 1.82) is 0 Å².